The summed E-state index contributed by atoms with van der Waals surface area (Å²) in [6.45, 7) is 4.05. The van der Waals surface area contributed by atoms with Gasteiger partial charge < -0.3 is 16.8 Å². The van der Waals surface area contributed by atoms with Crippen molar-refractivity contribution in [3.63, 3.8) is 0 Å². The van der Waals surface area contributed by atoms with E-state index in [4.69, 9.17) is 11.5 Å². The molecule has 1 aliphatic heterocycles. The van der Waals surface area contributed by atoms with Gasteiger partial charge in [-0.3, -0.25) is 4.90 Å². The molecule has 7 heteroatoms. The molecule has 2 aromatic carbocycles. The van der Waals surface area contributed by atoms with Crippen LogP contribution in [-0.2, 0) is 13.0 Å². The maximum absolute atomic E-state index is 6.24. The zero-order valence-electron chi connectivity index (χ0n) is 16.2. The number of anilines is 2. The lowest BCUT2D eigenvalue weighted by atomic mass is 9.99. The van der Waals surface area contributed by atoms with Crippen LogP contribution in [0.2, 0.25) is 0 Å². The number of nitrogens with zero attached hydrogens (tertiary/aromatic N) is 1. The summed E-state index contributed by atoms with van der Waals surface area (Å²) in [6.07, 6.45) is 1.06. The standard InChI is InChI=1S/C22H26N4S.2ClH/c23-18-6-7-22(24)20(11-18)21-15-27-14-17(21)13-26-9-8-25-12-19(26)10-16-4-2-1-3-5-16;;/h1-7,11,14-15,19,25H,8-10,12-13,23-24H2;2*1H. The van der Waals surface area contributed by atoms with Gasteiger partial charge in [0.15, 0.2) is 0 Å². The van der Waals surface area contributed by atoms with Crippen molar-refractivity contribution in [3.8, 4) is 11.1 Å². The van der Waals surface area contributed by atoms with E-state index in [1.807, 2.05) is 18.2 Å². The molecule has 2 heterocycles. The Hall–Kier alpha value is -1.76. The first-order chi connectivity index (χ1) is 13.2. The predicted molar refractivity (Wildman–Crippen MR) is 130 cm³/mol. The molecule has 1 fully saturated rings. The summed E-state index contributed by atoms with van der Waals surface area (Å²) in [6, 6.07) is 17.0. The predicted octanol–water partition coefficient (Wildman–Crippen LogP) is 4.44. The van der Waals surface area contributed by atoms with Gasteiger partial charge in [0.2, 0.25) is 0 Å². The van der Waals surface area contributed by atoms with Gasteiger partial charge in [0, 0.05) is 49.2 Å². The van der Waals surface area contributed by atoms with Crippen LogP contribution in [-0.4, -0.2) is 30.6 Å². The molecule has 0 saturated carbocycles. The lowest BCUT2D eigenvalue weighted by Crippen LogP contribution is -2.51. The Labute approximate surface area is 189 Å². The molecular formula is C22H28Cl2N4S. The van der Waals surface area contributed by atoms with Crippen molar-refractivity contribution in [2.24, 2.45) is 0 Å². The molecule has 1 aromatic heterocycles. The van der Waals surface area contributed by atoms with Crippen molar-refractivity contribution in [1.82, 2.24) is 10.2 Å². The average molecular weight is 451 g/mol. The second-order valence-corrected chi connectivity index (χ2v) is 7.92. The highest BCUT2D eigenvalue weighted by Gasteiger charge is 2.24. The first-order valence-electron chi connectivity index (χ1n) is 9.40. The number of piperazine rings is 1. The highest BCUT2D eigenvalue weighted by atomic mass is 35.5. The molecular weight excluding hydrogens is 423 g/mol. The van der Waals surface area contributed by atoms with E-state index in [2.05, 4.69) is 51.3 Å². The van der Waals surface area contributed by atoms with E-state index in [1.54, 1.807) is 11.3 Å². The minimum Gasteiger partial charge on any atom is -0.399 e. The van der Waals surface area contributed by atoms with Gasteiger partial charge in [0.05, 0.1) is 0 Å². The van der Waals surface area contributed by atoms with Gasteiger partial charge in [-0.15, -0.1) is 24.8 Å². The Kier molecular flexibility index (Phi) is 8.80. The maximum atomic E-state index is 6.24. The van der Waals surface area contributed by atoms with Crippen LogP contribution >= 0.6 is 36.2 Å². The fourth-order valence-electron chi connectivity index (χ4n) is 3.81. The lowest BCUT2D eigenvalue weighted by Gasteiger charge is -2.36. The Morgan fingerprint density at radius 2 is 1.79 bits per heavy atom. The molecule has 3 aromatic rings. The zero-order chi connectivity index (χ0) is 18.6. The normalized spacial score (nSPS) is 16.6. The van der Waals surface area contributed by atoms with Crippen LogP contribution in [0.3, 0.4) is 0 Å². The van der Waals surface area contributed by atoms with E-state index in [1.165, 1.54) is 16.7 Å². The van der Waals surface area contributed by atoms with Crippen LogP contribution in [0.15, 0.2) is 59.3 Å². The molecule has 5 N–H and O–H groups in total. The average Bonchev–Trinajstić information content (AvgIpc) is 3.14. The highest BCUT2D eigenvalue weighted by molar-refractivity contribution is 7.08. The number of rotatable bonds is 5. The van der Waals surface area contributed by atoms with Crippen LogP contribution in [0, 0.1) is 0 Å². The second-order valence-electron chi connectivity index (χ2n) is 7.18. The number of hydrogen-bond acceptors (Lipinski definition) is 5. The summed E-state index contributed by atoms with van der Waals surface area (Å²) in [5.74, 6) is 0. The number of halogens is 2. The van der Waals surface area contributed by atoms with Crippen LogP contribution in [0.1, 0.15) is 11.1 Å². The minimum atomic E-state index is 0. The van der Waals surface area contributed by atoms with Crippen LogP contribution < -0.4 is 16.8 Å². The monoisotopic (exact) mass is 450 g/mol. The van der Waals surface area contributed by atoms with E-state index >= 15 is 0 Å². The van der Waals surface area contributed by atoms with Crippen molar-refractivity contribution >= 4 is 47.5 Å². The van der Waals surface area contributed by atoms with E-state index in [9.17, 15) is 0 Å². The smallest absolute Gasteiger partial charge is 0.0395 e. The Morgan fingerprint density at radius 3 is 2.59 bits per heavy atom. The summed E-state index contributed by atoms with van der Waals surface area (Å²) in [5.41, 5.74) is 18.7. The Balaban J connectivity index is 0.00000150. The maximum Gasteiger partial charge on any atom is 0.0395 e. The van der Waals surface area contributed by atoms with Crippen LogP contribution in [0.5, 0.6) is 0 Å². The molecule has 0 spiro atoms. The number of hydrogen-bond donors (Lipinski definition) is 3. The van der Waals surface area contributed by atoms with Gasteiger partial charge >= 0.3 is 0 Å². The van der Waals surface area contributed by atoms with Gasteiger partial charge in [-0.25, -0.2) is 0 Å². The van der Waals surface area contributed by atoms with Crippen molar-refractivity contribution in [3.05, 3.63) is 70.4 Å². The zero-order valence-corrected chi connectivity index (χ0v) is 18.7. The first kappa shape index (κ1) is 23.5. The van der Waals surface area contributed by atoms with Gasteiger partial charge in [-0.1, -0.05) is 30.3 Å². The number of benzene rings is 2. The second kappa shape index (κ2) is 10.9. The molecule has 0 aliphatic carbocycles. The summed E-state index contributed by atoms with van der Waals surface area (Å²) >= 11 is 1.73. The number of thiophene rings is 1. The summed E-state index contributed by atoms with van der Waals surface area (Å²) in [7, 11) is 0. The summed E-state index contributed by atoms with van der Waals surface area (Å²) in [5, 5.41) is 7.99. The third-order valence-corrected chi connectivity index (χ3v) is 6.06. The third-order valence-electron chi connectivity index (χ3n) is 5.27. The van der Waals surface area contributed by atoms with Gasteiger partial charge in [-0.05, 0) is 52.1 Å². The topological polar surface area (TPSA) is 67.3 Å². The molecule has 4 nitrogen and oxygen atoms in total. The largest absolute Gasteiger partial charge is 0.399 e. The fraction of sp³-hybridized carbons (Fsp3) is 0.273. The van der Waals surface area contributed by atoms with Gasteiger partial charge in [-0.2, -0.15) is 11.3 Å². The minimum absolute atomic E-state index is 0. The molecule has 0 radical (unpaired) electrons. The van der Waals surface area contributed by atoms with Crippen LogP contribution in [0.4, 0.5) is 11.4 Å². The molecule has 0 bridgehead atoms. The molecule has 156 valence electrons. The molecule has 1 aliphatic rings. The number of nitrogens with one attached hydrogen (secondary N) is 1. The number of nitrogens with two attached hydrogens (primary N) is 2. The van der Waals surface area contributed by atoms with E-state index < -0.39 is 0 Å². The van der Waals surface area contributed by atoms with E-state index in [-0.39, 0.29) is 24.8 Å². The highest BCUT2D eigenvalue weighted by Crippen LogP contribution is 2.34. The van der Waals surface area contributed by atoms with Crippen LogP contribution in [0.25, 0.3) is 11.1 Å². The van der Waals surface area contributed by atoms with Crippen molar-refractivity contribution in [2.75, 3.05) is 31.1 Å². The molecule has 29 heavy (non-hydrogen) atoms. The molecule has 4 rings (SSSR count). The first-order valence-corrected chi connectivity index (χ1v) is 10.3. The van der Waals surface area contributed by atoms with Crippen molar-refractivity contribution in [2.45, 2.75) is 19.0 Å². The van der Waals surface area contributed by atoms with Gasteiger partial charge in [0.25, 0.3) is 0 Å². The van der Waals surface area contributed by atoms with Gasteiger partial charge in [0.1, 0.15) is 0 Å². The molecule has 1 atom stereocenters. The fourth-order valence-corrected chi connectivity index (χ4v) is 4.66. The van der Waals surface area contributed by atoms with E-state index in [0.717, 1.165) is 49.5 Å². The Bertz CT molecular complexity index is 901. The Morgan fingerprint density at radius 1 is 1.00 bits per heavy atom. The van der Waals surface area contributed by atoms with Crippen molar-refractivity contribution in [1.29, 1.82) is 0 Å². The summed E-state index contributed by atoms with van der Waals surface area (Å²) in [4.78, 5) is 2.59. The summed E-state index contributed by atoms with van der Waals surface area (Å²) < 4.78 is 0. The third kappa shape index (κ3) is 5.65. The molecule has 1 unspecified atom stereocenters. The molecule has 0 amide bonds. The number of nitrogen functional groups attached to an aromatic ring is 2. The van der Waals surface area contributed by atoms with E-state index in [0.29, 0.717) is 6.04 Å². The quantitative estimate of drug-likeness (QED) is 0.502. The SMILES string of the molecule is Cl.Cl.Nc1ccc(N)c(-c2cscc2CN2CCNCC2Cc2ccccc2)c1. The lowest BCUT2D eigenvalue weighted by molar-refractivity contribution is 0.152. The van der Waals surface area contributed by atoms with Crippen molar-refractivity contribution < 1.29 is 0 Å². The molecule has 1 saturated heterocycles.